The maximum atomic E-state index is 12.2. The number of hydrogen-bond donors (Lipinski definition) is 1. The smallest absolute Gasteiger partial charge is 0.311 e. The van der Waals surface area contributed by atoms with Crippen LogP contribution in [-0.2, 0) is 27.3 Å². The second-order valence-corrected chi connectivity index (χ2v) is 6.69. The molecular weight excluding hydrogens is 378 g/mol. The average molecular weight is 399 g/mol. The second-order valence-electron chi connectivity index (χ2n) is 6.69. The molecule has 2 aromatic rings. The summed E-state index contributed by atoms with van der Waals surface area (Å²) in [6, 6.07) is 10.7. The Kier molecular flexibility index (Phi) is 5.41. The lowest BCUT2D eigenvalue weighted by Gasteiger charge is -2.19. The Morgan fingerprint density at radius 2 is 1.55 bits per heavy atom. The fourth-order valence-electron chi connectivity index (χ4n) is 3.04. The van der Waals surface area contributed by atoms with Gasteiger partial charge in [-0.3, -0.25) is 9.59 Å². The molecule has 152 valence electrons. The Hall–Kier alpha value is -3.42. The summed E-state index contributed by atoms with van der Waals surface area (Å²) in [7, 11) is 0. The van der Waals surface area contributed by atoms with Crippen molar-refractivity contribution in [3.8, 4) is 23.0 Å². The first-order chi connectivity index (χ1) is 14.1. The van der Waals surface area contributed by atoms with Crippen LogP contribution >= 0.6 is 0 Å². The molecule has 0 fully saturated rings. The molecule has 8 heteroatoms. The molecule has 2 aromatic carbocycles. The molecule has 1 amide bonds. The van der Waals surface area contributed by atoms with E-state index >= 15 is 0 Å². The Bertz CT molecular complexity index is 927. The standard InChI is InChI=1S/C21H21NO7/c1-13(21(24)22-11-15-3-5-17-19(9-15)28-12-27-17)29-20(23)10-14-2-4-16-18(8-14)26-7-6-25-16/h2-5,8-9,13H,6-7,10-12H2,1H3,(H,22,24)/t13-/m1/s1. The summed E-state index contributed by atoms with van der Waals surface area (Å²) in [5.74, 6) is 1.73. The van der Waals surface area contributed by atoms with Crippen molar-refractivity contribution in [2.45, 2.75) is 26.0 Å². The molecule has 2 aliphatic rings. The highest BCUT2D eigenvalue weighted by Crippen LogP contribution is 2.32. The largest absolute Gasteiger partial charge is 0.486 e. The van der Waals surface area contributed by atoms with Gasteiger partial charge in [0, 0.05) is 6.54 Å². The molecule has 0 bridgehead atoms. The fraction of sp³-hybridized carbons (Fsp3) is 0.333. The summed E-state index contributed by atoms with van der Waals surface area (Å²) in [5, 5.41) is 2.75. The molecule has 0 aromatic heterocycles. The number of rotatable bonds is 6. The Labute approximate surface area is 167 Å². The van der Waals surface area contributed by atoms with Gasteiger partial charge in [-0.05, 0) is 42.3 Å². The van der Waals surface area contributed by atoms with Crippen LogP contribution in [0.15, 0.2) is 36.4 Å². The van der Waals surface area contributed by atoms with E-state index in [9.17, 15) is 9.59 Å². The summed E-state index contributed by atoms with van der Waals surface area (Å²) in [6.45, 7) is 3.01. The zero-order valence-electron chi connectivity index (χ0n) is 15.9. The highest BCUT2D eigenvalue weighted by atomic mass is 16.7. The van der Waals surface area contributed by atoms with Crippen LogP contribution in [0.2, 0.25) is 0 Å². The Morgan fingerprint density at radius 3 is 2.38 bits per heavy atom. The molecule has 0 aliphatic carbocycles. The van der Waals surface area contributed by atoms with Crippen LogP contribution in [0.1, 0.15) is 18.1 Å². The summed E-state index contributed by atoms with van der Waals surface area (Å²) in [4.78, 5) is 24.4. The minimum Gasteiger partial charge on any atom is -0.486 e. The summed E-state index contributed by atoms with van der Waals surface area (Å²) in [5.41, 5.74) is 1.59. The van der Waals surface area contributed by atoms with Crippen LogP contribution in [-0.4, -0.2) is 38.0 Å². The first kappa shape index (κ1) is 18.9. The molecule has 2 aliphatic heterocycles. The van der Waals surface area contributed by atoms with Crippen molar-refractivity contribution in [1.29, 1.82) is 0 Å². The molecule has 1 N–H and O–H groups in total. The Morgan fingerprint density at radius 1 is 0.931 bits per heavy atom. The van der Waals surface area contributed by atoms with Gasteiger partial charge in [-0.25, -0.2) is 0 Å². The minimum absolute atomic E-state index is 0.0381. The van der Waals surface area contributed by atoms with Gasteiger partial charge in [-0.1, -0.05) is 12.1 Å². The SMILES string of the molecule is C[C@@H](OC(=O)Cc1ccc2c(c1)OCCO2)C(=O)NCc1ccc2c(c1)OCO2. The van der Waals surface area contributed by atoms with E-state index < -0.39 is 12.1 Å². The van der Waals surface area contributed by atoms with Crippen LogP contribution in [0.4, 0.5) is 0 Å². The highest BCUT2D eigenvalue weighted by Gasteiger charge is 2.20. The van der Waals surface area contributed by atoms with Gasteiger partial charge in [-0.15, -0.1) is 0 Å². The van der Waals surface area contributed by atoms with E-state index in [2.05, 4.69) is 5.32 Å². The number of carbonyl (C=O) groups excluding carboxylic acids is 2. The van der Waals surface area contributed by atoms with Gasteiger partial charge in [0.2, 0.25) is 6.79 Å². The molecule has 4 rings (SSSR count). The summed E-state index contributed by atoms with van der Waals surface area (Å²) in [6.07, 6.45) is -0.870. The third kappa shape index (κ3) is 4.53. The van der Waals surface area contributed by atoms with Crippen LogP contribution in [0, 0.1) is 0 Å². The van der Waals surface area contributed by atoms with Crippen molar-refractivity contribution in [2.24, 2.45) is 0 Å². The van der Waals surface area contributed by atoms with Crippen LogP contribution < -0.4 is 24.3 Å². The lowest BCUT2D eigenvalue weighted by Crippen LogP contribution is -2.35. The van der Waals surface area contributed by atoms with Gasteiger partial charge in [0.1, 0.15) is 13.2 Å². The average Bonchev–Trinajstić information content (AvgIpc) is 3.19. The van der Waals surface area contributed by atoms with E-state index in [1.807, 2.05) is 6.07 Å². The van der Waals surface area contributed by atoms with Crippen molar-refractivity contribution in [1.82, 2.24) is 5.32 Å². The van der Waals surface area contributed by atoms with Gasteiger partial charge in [0.05, 0.1) is 6.42 Å². The van der Waals surface area contributed by atoms with Gasteiger partial charge in [0.25, 0.3) is 5.91 Å². The number of fused-ring (bicyclic) bond motifs is 2. The zero-order valence-corrected chi connectivity index (χ0v) is 15.9. The Balaban J connectivity index is 1.26. The fourth-order valence-corrected chi connectivity index (χ4v) is 3.04. The number of benzene rings is 2. The van der Waals surface area contributed by atoms with Gasteiger partial charge in [0.15, 0.2) is 29.1 Å². The third-order valence-electron chi connectivity index (χ3n) is 4.54. The maximum Gasteiger partial charge on any atom is 0.311 e. The van der Waals surface area contributed by atoms with Gasteiger partial charge in [-0.2, -0.15) is 0 Å². The first-order valence-electron chi connectivity index (χ1n) is 9.33. The van der Waals surface area contributed by atoms with Crippen molar-refractivity contribution in [3.63, 3.8) is 0 Å². The normalized spacial score (nSPS) is 14.8. The van der Waals surface area contributed by atoms with E-state index in [4.69, 9.17) is 23.7 Å². The van der Waals surface area contributed by atoms with E-state index in [-0.39, 0.29) is 19.1 Å². The molecule has 0 unspecified atom stereocenters. The highest BCUT2D eigenvalue weighted by molar-refractivity contribution is 5.84. The third-order valence-corrected chi connectivity index (χ3v) is 4.54. The molecule has 0 saturated heterocycles. The first-order valence-corrected chi connectivity index (χ1v) is 9.33. The lowest BCUT2D eigenvalue weighted by atomic mass is 10.1. The number of amides is 1. The molecule has 0 spiro atoms. The predicted octanol–water partition coefficient (Wildman–Crippen LogP) is 1.98. The van der Waals surface area contributed by atoms with E-state index in [1.54, 1.807) is 30.3 Å². The topological polar surface area (TPSA) is 92.3 Å². The lowest BCUT2D eigenvalue weighted by molar-refractivity contribution is -0.154. The van der Waals surface area contributed by atoms with E-state index in [0.717, 1.165) is 11.1 Å². The van der Waals surface area contributed by atoms with Crippen molar-refractivity contribution < 1.29 is 33.3 Å². The minimum atomic E-state index is -0.909. The molecule has 2 heterocycles. The van der Waals surface area contributed by atoms with Crippen molar-refractivity contribution in [3.05, 3.63) is 47.5 Å². The monoisotopic (exact) mass is 399 g/mol. The number of esters is 1. The second kappa shape index (κ2) is 8.30. The van der Waals surface area contributed by atoms with E-state index in [0.29, 0.717) is 42.8 Å². The maximum absolute atomic E-state index is 12.2. The van der Waals surface area contributed by atoms with Crippen molar-refractivity contribution >= 4 is 11.9 Å². The summed E-state index contributed by atoms with van der Waals surface area (Å²) < 4.78 is 26.8. The van der Waals surface area contributed by atoms with Crippen molar-refractivity contribution in [2.75, 3.05) is 20.0 Å². The van der Waals surface area contributed by atoms with Gasteiger partial charge < -0.3 is 29.0 Å². The molecular formula is C21H21NO7. The molecule has 1 atom stereocenters. The predicted molar refractivity (Wildman–Crippen MR) is 101 cm³/mol. The number of nitrogens with one attached hydrogen (secondary N) is 1. The molecule has 8 nitrogen and oxygen atoms in total. The number of carbonyl (C=O) groups is 2. The summed E-state index contributed by atoms with van der Waals surface area (Å²) >= 11 is 0. The number of hydrogen-bond acceptors (Lipinski definition) is 7. The van der Waals surface area contributed by atoms with Gasteiger partial charge >= 0.3 is 5.97 Å². The molecule has 0 radical (unpaired) electrons. The number of ether oxygens (including phenoxy) is 5. The van der Waals surface area contributed by atoms with Crippen LogP contribution in [0.3, 0.4) is 0 Å². The molecule has 29 heavy (non-hydrogen) atoms. The van der Waals surface area contributed by atoms with Crippen LogP contribution in [0.5, 0.6) is 23.0 Å². The van der Waals surface area contributed by atoms with Crippen LogP contribution in [0.25, 0.3) is 0 Å². The quantitative estimate of drug-likeness (QED) is 0.743. The molecule has 0 saturated carbocycles. The zero-order chi connectivity index (χ0) is 20.2. The van der Waals surface area contributed by atoms with E-state index in [1.165, 1.54) is 6.92 Å².